The van der Waals surface area contributed by atoms with Gasteiger partial charge in [-0.25, -0.2) is 13.2 Å². The van der Waals surface area contributed by atoms with Gasteiger partial charge in [0.2, 0.25) is 5.91 Å². The maximum absolute atomic E-state index is 11.6. The van der Waals surface area contributed by atoms with Crippen molar-refractivity contribution in [2.75, 3.05) is 17.3 Å². The number of aromatic carboxylic acids is 1. The molecule has 104 valence electrons. The number of nitrogens with one attached hydrogen (secondary N) is 1. The summed E-state index contributed by atoms with van der Waals surface area (Å²) in [5.41, 5.74) is 0.905. The molecular weight excluding hydrogens is 270 g/mol. The van der Waals surface area contributed by atoms with Crippen molar-refractivity contribution in [3.63, 3.8) is 0 Å². The Balaban J connectivity index is 2.80. The lowest BCUT2D eigenvalue weighted by molar-refractivity contribution is -0.115. The van der Waals surface area contributed by atoms with Crippen molar-refractivity contribution < 1.29 is 23.1 Å². The zero-order chi connectivity index (χ0) is 14.6. The van der Waals surface area contributed by atoms with Crippen LogP contribution in [0.25, 0.3) is 0 Å². The second-order valence-corrected chi connectivity index (χ2v) is 6.47. The summed E-state index contributed by atoms with van der Waals surface area (Å²) in [6.45, 7) is 1.58. The summed E-state index contributed by atoms with van der Waals surface area (Å²) in [6, 6.07) is 4.52. The third-order valence-corrected chi connectivity index (χ3v) is 3.48. The summed E-state index contributed by atoms with van der Waals surface area (Å²) < 4.78 is 21.9. The molecule has 0 unspecified atom stereocenters. The number of carbonyl (C=O) groups excluding carboxylic acids is 1. The largest absolute Gasteiger partial charge is 0.478 e. The van der Waals surface area contributed by atoms with E-state index in [-0.39, 0.29) is 17.7 Å². The van der Waals surface area contributed by atoms with Crippen LogP contribution >= 0.6 is 0 Å². The molecule has 0 aliphatic heterocycles. The molecule has 0 aliphatic rings. The molecule has 0 fully saturated rings. The van der Waals surface area contributed by atoms with Crippen LogP contribution in [0.2, 0.25) is 0 Å². The van der Waals surface area contributed by atoms with Crippen LogP contribution in [-0.4, -0.2) is 37.4 Å². The molecule has 1 aromatic rings. The maximum atomic E-state index is 11.6. The van der Waals surface area contributed by atoms with Crippen molar-refractivity contribution in [2.45, 2.75) is 13.3 Å². The van der Waals surface area contributed by atoms with Gasteiger partial charge in [0.15, 0.2) is 0 Å². The Hall–Kier alpha value is -1.89. The molecule has 7 heteroatoms. The highest BCUT2D eigenvalue weighted by atomic mass is 32.2. The summed E-state index contributed by atoms with van der Waals surface area (Å²) in [6.07, 6.45) is 0.895. The maximum Gasteiger partial charge on any atom is 0.336 e. The van der Waals surface area contributed by atoms with Crippen molar-refractivity contribution >= 4 is 27.4 Å². The highest BCUT2D eigenvalue weighted by Gasteiger charge is 2.13. The minimum absolute atomic E-state index is 0.0981. The Kier molecular flexibility index (Phi) is 4.66. The molecule has 0 spiro atoms. The number of hydrogen-bond acceptors (Lipinski definition) is 4. The number of rotatable bonds is 5. The van der Waals surface area contributed by atoms with Gasteiger partial charge in [-0.1, -0.05) is 6.07 Å². The number of benzene rings is 1. The summed E-state index contributed by atoms with van der Waals surface area (Å²) in [4.78, 5) is 22.5. The second-order valence-electron chi connectivity index (χ2n) is 4.21. The molecule has 0 aromatic heterocycles. The second kappa shape index (κ2) is 5.83. The fourth-order valence-corrected chi connectivity index (χ4v) is 2.05. The van der Waals surface area contributed by atoms with E-state index >= 15 is 0 Å². The van der Waals surface area contributed by atoms with Gasteiger partial charge in [0.25, 0.3) is 0 Å². The van der Waals surface area contributed by atoms with Crippen LogP contribution in [0, 0.1) is 6.92 Å². The third-order valence-electron chi connectivity index (χ3n) is 2.54. The fourth-order valence-electron chi connectivity index (χ4n) is 1.49. The fraction of sp³-hybridized carbons (Fsp3) is 0.333. The van der Waals surface area contributed by atoms with E-state index in [0.29, 0.717) is 11.3 Å². The van der Waals surface area contributed by atoms with Gasteiger partial charge < -0.3 is 10.4 Å². The quantitative estimate of drug-likeness (QED) is 0.842. The predicted octanol–water partition coefficient (Wildman–Crippen LogP) is 1.07. The van der Waals surface area contributed by atoms with Crippen LogP contribution in [-0.2, 0) is 14.6 Å². The van der Waals surface area contributed by atoms with E-state index in [9.17, 15) is 18.0 Å². The molecular formula is C12H15NO5S. The first-order valence-corrected chi connectivity index (χ1v) is 7.57. The lowest BCUT2D eigenvalue weighted by Gasteiger charge is -2.10. The zero-order valence-electron chi connectivity index (χ0n) is 10.6. The van der Waals surface area contributed by atoms with Gasteiger partial charge in [0.1, 0.15) is 9.84 Å². The van der Waals surface area contributed by atoms with Crippen molar-refractivity contribution in [1.29, 1.82) is 0 Å². The number of anilines is 1. The van der Waals surface area contributed by atoms with Crippen LogP contribution in [0.3, 0.4) is 0 Å². The van der Waals surface area contributed by atoms with E-state index < -0.39 is 21.7 Å². The first-order chi connectivity index (χ1) is 8.70. The van der Waals surface area contributed by atoms with E-state index in [0.717, 1.165) is 6.26 Å². The lowest BCUT2D eigenvalue weighted by Crippen LogP contribution is -2.17. The van der Waals surface area contributed by atoms with E-state index in [4.69, 9.17) is 5.11 Å². The predicted molar refractivity (Wildman–Crippen MR) is 71.1 cm³/mol. The van der Waals surface area contributed by atoms with Crippen LogP contribution in [0.5, 0.6) is 0 Å². The molecule has 0 heterocycles. The number of carboxylic acids is 1. The van der Waals surface area contributed by atoms with Crippen molar-refractivity contribution in [2.24, 2.45) is 0 Å². The molecule has 6 nitrogen and oxygen atoms in total. The normalized spacial score (nSPS) is 11.1. The van der Waals surface area contributed by atoms with E-state index in [2.05, 4.69) is 5.32 Å². The van der Waals surface area contributed by atoms with E-state index in [1.165, 1.54) is 12.1 Å². The minimum atomic E-state index is -3.20. The van der Waals surface area contributed by atoms with Crippen LogP contribution in [0.1, 0.15) is 22.3 Å². The Labute approximate surface area is 111 Å². The number of hydrogen-bond donors (Lipinski definition) is 2. The van der Waals surface area contributed by atoms with E-state index in [1.54, 1.807) is 13.0 Å². The standard InChI is InChI=1S/C12H15NO5S/c1-8-9(12(15)16)4-3-5-10(8)13-11(14)6-7-19(2,17)18/h3-5H,6-7H2,1-2H3,(H,13,14)(H,15,16). The first-order valence-electron chi connectivity index (χ1n) is 5.51. The van der Waals surface area contributed by atoms with Gasteiger partial charge >= 0.3 is 5.97 Å². The first kappa shape index (κ1) is 15.2. The Bertz CT molecular complexity index is 607. The van der Waals surface area contributed by atoms with Gasteiger partial charge in [-0.15, -0.1) is 0 Å². The molecule has 1 aromatic carbocycles. The van der Waals surface area contributed by atoms with Crippen molar-refractivity contribution in [3.8, 4) is 0 Å². The molecule has 0 saturated carbocycles. The number of amides is 1. The minimum Gasteiger partial charge on any atom is -0.478 e. The molecule has 0 bridgehead atoms. The molecule has 0 atom stereocenters. The van der Waals surface area contributed by atoms with Gasteiger partial charge in [-0.2, -0.15) is 0 Å². The van der Waals surface area contributed by atoms with E-state index in [1.807, 2.05) is 0 Å². The monoisotopic (exact) mass is 285 g/mol. The SMILES string of the molecule is Cc1c(NC(=O)CCS(C)(=O)=O)cccc1C(=O)O. The molecule has 2 N–H and O–H groups in total. The average molecular weight is 285 g/mol. The van der Waals surface area contributed by atoms with Crippen LogP contribution < -0.4 is 5.32 Å². The molecule has 0 aliphatic carbocycles. The van der Waals surface area contributed by atoms with Crippen LogP contribution in [0.4, 0.5) is 5.69 Å². The summed E-state index contributed by atoms with van der Waals surface area (Å²) in [5.74, 6) is -1.78. The number of sulfone groups is 1. The van der Waals surface area contributed by atoms with Gasteiger partial charge in [0.05, 0.1) is 11.3 Å². The van der Waals surface area contributed by atoms with Gasteiger partial charge in [-0.3, -0.25) is 4.79 Å². The molecule has 1 amide bonds. The Morgan fingerprint density at radius 1 is 1.32 bits per heavy atom. The summed E-state index contributed by atoms with van der Waals surface area (Å²) >= 11 is 0. The van der Waals surface area contributed by atoms with Crippen molar-refractivity contribution in [3.05, 3.63) is 29.3 Å². The summed E-state index contributed by atoms with van der Waals surface area (Å²) in [7, 11) is -3.20. The lowest BCUT2D eigenvalue weighted by atomic mass is 10.1. The molecule has 0 radical (unpaired) electrons. The molecule has 0 saturated heterocycles. The third kappa shape index (κ3) is 4.70. The Morgan fingerprint density at radius 3 is 2.47 bits per heavy atom. The smallest absolute Gasteiger partial charge is 0.336 e. The van der Waals surface area contributed by atoms with Crippen LogP contribution in [0.15, 0.2) is 18.2 Å². The average Bonchev–Trinajstić information content (AvgIpc) is 2.28. The highest BCUT2D eigenvalue weighted by Crippen LogP contribution is 2.19. The molecule has 19 heavy (non-hydrogen) atoms. The number of carboxylic acid groups (broad SMARTS) is 1. The van der Waals surface area contributed by atoms with Gasteiger partial charge in [-0.05, 0) is 24.6 Å². The number of carbonyl (C=O) groups is 2. The highest BCUT2D eigenvalue weighted by molar-refractivity contribution is 7.90. The van der Waals surface area contributed by atoms with Gasteiger partial charge in [0, 0.05) is 18.4 Å². The summed E-state index contributed by atoms with van der Waals surface area (Å²) in [5, 5.41) is 11.5. The molecule has 1 rings (SSSR count). The zero-order valence-corrected chi connectivity index (χ0v) is 11.5. The van der Waals surface area contributed by atoms with Crippen molar-refractivity contribution in [1.82, 2.24) is 0 Å². The Morgan fingerprint density at radius 2 is 1.95 bits per heavy atom. The topological polar surface area (TPSA) is 101 Å².